The summed E-state index contributed by atoms with van der Waals surface area (Å²) in [4.78, 5) is 2.28. The fourth-order valence-electron chi connectivity index (χ4n) is 2.45. The minimum absolute atomic E-state index is 0.0257. The Morgan fingerprint density at radius 3 is 2.47 bits per heavy atom. The monoisotopic (exact) mass is 264 g/mol. The Kier molecular flexibility index (Phi) is 5.39. The lowest BCUT2D eigenvalue weighted by Crippen LogP contribution is -2.35. The quantitative estimate of drug-likeness (QED) is 0.888. The smallest absolute Gasteiger partial charge is 0.123 e. The summed E-state index contributed by atoms with van der Waals surface area (Å²) in [5.41, 5.74) is 8.92. The molecule has 0 saturated heterocycles. The Labute approximate surface area is 117 Å². The van der Waals surface area contributed by atoms with Crippen LogP contribution in [0, 0.1) is 12.3 Å². The highest BCUT2D eigenvalue weighted by molar-refractivity contribution is 5.39. The minimum Gasteiger partial charge on any atom is -0.496 e. The van der Waals surface area contributed by atoms with Gasteiger partial charge in [0.2, 0.25) is 0 Å². The van der Waals surface area contributed by atoms with E-state index >= 15 is 0 Å². The highest BCUT2D eigenvalue weighted by atomic mass is 16.5. The summed E-state index contributed by atoms with van der Waals surface area (Å²) in [7, 11) is 3.81. The zero-order chi connectivity index (χ0) is 14.6. The molecule has 1 atom stereocenters. The molecular weight excluding hydrogens is 236 g/mol. The van der Waals surface area contributed by atoms with Crippen molar-refractivity contribution in [3.63, 3.8) is 0 Å². The van der Waals surface area contributed by atoms with Gasteiger partial charge in [0.25, 0.3) is 0 Å². The average molecular weight is 264 g/mol. The van der Waals surface area contributed by atoms with Crippen molar-refractivity contribution < 1.29 is 4.74 Å². The Morgan fingerprint density at radius 1 is 1.32 bits per heavy atom. The Hall–Kier alpha value is -1.06. The van der Waals surface area contributed by atoms with Crippen LogP contribution in [0.5, 0.6) is 5.75 Å². The number of benzene rings is 1. The van der Waals surface area contributed by atoms with E-state index in [2.05, 4.69) is 45.7 Å². The van der Waals surface area contributed by atoms with Crippen LogP contribution in [0.1, 0.15) is 37.9 Å². The number of nitrogens with two attached hydrogens (primary N) is 1. The fraction of sp³-hybridized carbons (Fsp3) is 0.625. The van der Waals surface area contributed by atoms with Crippen LogP contribution in [0.15, 0.2) is 18.2 Å². The van der Waals surface area contributed by atoms with E-state index in [1.165, 1.54) is 5.56 Å². The predicted octanol–water partition coefficient (Wildman–Crippen LogP) is 2.98. The van der Waals surface area contributed by atoms with Crippen molar-refractivity contribution in [2.75, 3.05) is 27.2 Å². The van der Waals surface area contributed by atoms with Gasteiger partial charge < -0.3 is 15.4 Å². The molecule has 19 heavy (non-hydrogen) atoms. The lowest BCUT2D eigenvalue weighted by atomic mass is 9.95. The van der Waals surface area contributed by atoms with Crippen LogP contribution in [0.25, 0.3) is 0 Å². The van der Waals surface area contributed by atoms with E-state index in [9.17, 15) is 0 Å². The topological polar surface area (TPSA) is 38.5 Å². The summed E-state index contributed by atoms with van der Waals surface area (Å²) in [6.45, 7) is 10.6. The summed E-state index contributed by atoms with van der Waals surface area (Å²) in [6.07, 6.45) is 0. The highest BCUT2D eigenvalue weighted by Crippen LogP contribution is 2.26. The summed E-state index contributed by atoms with van der Waals surface area (Å²) in [6, 6.07) is 6.14. The zero-order valence-corrected chi connectivity index (χ0v) is 13.2. The van der Waals surface area contributed by atoms with E-state index in [4.69, 9.17) is 10.5 Å². The molecule has 3 heteroatoms. The van der Waals surface area contributed by atoms with Crippen molar-refractivity contribution in [3.8, 4) is 5.75 Å². The van der Waals surface area contributed by atoms with Crippen LogP contribution in [0.2, 0.25) is 0 Å². The van der Waals surface area contributed by atoms with Crippen LogP contribution in [0.3, 0.4) is 0 Å². The standard InChI is InChI=1S/C16H28N2O/c1-12-7-8-15(19-6)13(9-12)14(17)10-18(5)11-16(2,3)4/h7-9,14H,10-11,17H2,1-6H3. The second-order valence-electron chi connectivity index (χ2n) is 6.61. The molecule has 0 heterocycles. The first-order valence-corrected chi connectivity index (χ1v) is 6.81. The van der Waals surface area contributed by atoms with Gasteiger partial charge in [-0.25, -0.2) is 0 Å². The maximum absolute atomic E-state index is 6.34. The highest BCUT2D eigenvalue weighted by Gasteiger charge is 2.18. The molecule has 0 spiro atoms. The average Bonchev–Trinajstić information content (AvgIpc) is 2.26. The van der Waals surface area contributed by atoms with Gasteiger partial charge in [0.05, 0.1) is 7.11 Å². The summed E-state index contributed by atoms with van der Waals surface area (Å²) in [5, 5.41) is 0. The molecule has 1 rings (SSSR count). The van der Waals surface area contributed by atoms with Gasteiger partial charge in [-0.15, -0.1) is 0 Å². The third kappa shape index (κ3) is 5.21. The third-order valence-electron chi connectivity index (χ3n) is 3.04. The maximum atomic E-state index is 6.34. The molecule has 0 radical (unpaired) electrons. The van der Waals surface area contributed by atoms with Crippen LogP contribution in [-0.2, 0) is 0 Å². The van der Waals surface area contributed by atoms with Crippen molar-refractivity contribution in [1.29, 1.82) is 0 Å². The number of aryl methyl sites for hydroxylation is 1. The molecule has 0 saturated carbocycles. The lowest BCUT2D eigenvalue weighted by molar-refractivity contribution is 0.216. The number of methoxy groups -OCH3 is 1. The molecule has 0 aliphatic carbocycles. The van der Waals surface area contributed by atoms with E-state index in [0.717, 1.165) is 24.4 Å². The number of hydrogen-bond donors (Lipinski definition) is 1. The van der Waals surface area contributed by atoms with Gasteiger partial charge >= 0.3 is 0 Å². The van der Waals surface area contributed by atoms with Crippen LogP contribution >= 0.6 is 0 Å². The van der Waals surface area contributed by atoms with Crippen LogP contribution < -0.4 is 10.5 Å². The second-order valence-corrected chi connectivity index (χ2v) is 6.61. The molecule has 0 bridgehead atoms. The molecule has 3 nitrogen and oxygen atoms in total. The van der Waals surface area contributed by atoms with Crippen molar-refractivity contribution in [2.45, 2.75) is 33.7 Å². The van der Waals surface area contributed by atoms with E-state index in [-0.39, 0.29) is 11.5 Å². The normalized spacial score (nSPS) is 13.7. The van der Waals surface area contributed by atoms with Crippen molar-refractivity contribution in [1.82, 2.24) is 4.90 Å². The fourth-order valence-corrected chi connectivity index (χ4v) is 2.45. The molecule has 108 valence electrons. The molecule has 1 aromatic carbocycles. The lowest BCUT2D eigenvalue weighted by Gasteiger charge is -2.29. The van der Waals surface area contributed by atoms with E-state index < -0.39 is 0 Å². The van der Waals surface area contributed by atoms with Crippen molar-refractivity contribution in [2.24, 2.45) is 11.1 Å². The molecule has 0 aromatic heterocycles. The van der Waals surface area contributed by atoms with E-state index in [1.54, 1.807) is 7.11 Å². The first kappa shape index (κ1) is 16.0. The van der Waals surface area contributed by atoms with Crippen LogP contribution in [-0.4, -0.2) is 32.1 Å². The molecule has 0 amide bonds. The Morgan fingerprint density at radius 2 is 1.95 bits per heavy atom. The molecule has 1 aromatic rings. The first-order valence-electron chi connectivity index (χ1n) is 6.81. The number of ether oxygens (including phenoxy) is 1. The second kappa shape index (κ2) is 6.40. The molecule has 2 N–H and O–H groups in total. The third-order valence-corrected chi connectivity index (χ3v) is 3.04. The maximum Gasteiger partial charge on any atom is 0.123 e. The zero-order valence-electron chi connectivity index (χ0n) is 13.2. The molecule has 0 fully saturated rings. The van der Waals surface area contributed by atoms with Gasteiger partial charge in [0.15, 0.2) is 0 Å². The molecule has 1 unspecified atom stereocenters. The van der Waals surface area contributed by atoms with Crippen LogP contribution in [0.4, 0.5) is 0 Å². The minimum atomic E-state index is -0.0257. The Bertz CT molecular complexity index is 410. The Balaban J connectivity index is 2.77. The SMILES string of the molecule is COc1ccc(C)cc1C(N)CN(C)CC(C)(C)C. The number of likely N-dealkylation sites (N-methyl/N-ethyl adjacent to an activating group) is 1. The van der Waals surface area contributed by atoms with Gasteiger partial charge in [-0.3, -0.25) is 0 Å². The number of hydrogen-bond acceptors (Lipinski definition) is 3. The molecule has 0 aliphatic heterocycles. The van der Waals surface area contributed by atoms with Gasteiger partial charge in [0, 0.05) is 24.7 Å². The van der Waals surface area contributed by atoms with E-state index in [0.29, 0.717) is 0 Å². The first-order chi connectivity index (χ1) is 8.73. The molecule has 0 aliphatic rings. The van der Waals surface area contributed by atoms with Gasteiger partial charge in [-0.05, 0) is 25.5 Å². The van der Waals surface area contributed by atoms with E-state index in [1.807, 2.05) is 12.1 Å². The van der Waals surface area contributed by atoms with Crippen molar-refractivity contribution >= 4 is 0 Å². The van der Waals surface area contributed by atoms with Gasteiger partial charge in [-0.1, -0.05) is 38.5 Å². The number of rotatable bonds is 5. The van der Waals surface area contributed by atoms with Crippen molar-refractivity contribution in [3.05, 3.63) is 29.3 Å². The summed E-state index contributed by atoms with van der Waals surface area (Å²) >= 11 is 0. The summed E-state index contributed by atoms with van der Waals surface area (Å²) < 4.78 is 5.41. The molecular formula is C16H28N2O. The number of nitrogens with zero attached hydrogens (tertiary/aromatic N) is 1. The summed E-state index contributed by atoms with van der Waals surface area (Å²) in [5.74, 6) is 0.877. The predicted molar refractivity (Wildman–Crippen MR) is 81.6 cm³/mol. The van der Waals surface area contributed by atoms with Gasteiger partial charge in [0.1, 0.15) is 5.75 Å². The largest absolute Gasteiger partial charge is 0.496 e. The van der Waals surface area contributed by atoms with Gasteiger partial charge in [-0.2, -0.15) is 0 Å².